The van der Waals surface area contributed by atoms with E-state index in [4.69, 9.17) is 5.73 Å². The van der Waals surface area contributed by atoms with Crippen LogP contribution in [0.5, 0.6) is 0 Å². The number of nitrogens with zero attached hydrogens (tertiary/aromatic N) is 5. The van der Waals surface area contributed by atoms with E-state index >= 15 is 0 Å². The normalized spacial score (nSPS) is 11.1. The molecule has 2 N–H and O–H groups in total. The fraction of sp³-hybridized carbons (Fsp3) is 0.111. The predicted octanol–water partition coefficient (Wildman–Crippen LogP) is 3.05. The molecule has 4 aromatic rings. The van der Waals surface area contributed by atoms with Crippen molar-refractivity contribution in [2.45, 2.75) is 13.8 Å². The summed E-state index contributed by atoms with van der Waals surface area (Å²) >= 11 is 0. The number of aromatic nitrogens is 5. The van der Waals surface area contributed by atoms with Crippen molar-refractivity contribution < 1.29 is 0 Å². The van der Waals surface area contributed by atoms with Crippen LogP contribution in [0.4, 0.5) is 5.82 Å². The summed E-state index contributed by atoms with van der Waals surface area (Å²) in [5.41, 5.74) is 11.5. The Hall–Kier alpha value is -3.28. The predicted molar refractivity (Wildman–Crippen MR) is 93.3 cm³/mol. The number of fused-ring (bicyclic) bond motifs is 1. The van der Waals surface area contributed by atoms with Gasteiger partial charge in [-0.25, -0.2) is 19.5 Å². The first kappa shape index (κ1) is 14.3. The minimum atomic E-state index is 0.452. The maximum Gasteiger partial charge on any atom is 0.159 e. The van der Waals surface area contributed by atoms with Gasteiger partial charge in [0.1, 0.15) is 5.82 Å². The van der Waals surface area contributed by atoms with Crippen molar-refractivity contribution in [2.75, 3.05) is 5.73 Å². The van der Waals surface area contributed by atoms with Crippen molar-refractivity contribution in [3.05, 3.63) is 60.0 Å². The van der Waals surface area contributed by atoms with Crippen LogP contribution in [0.25, 0.3) is 28.3 Å². The van der Waals surface area contributed by atoms with Gasteiger partial charge in [0.15, 0.2) is 11.5 Å². The van der Waals surface area contributed by atoms with Crippen LogP contribution in [-0.4, -0.2) is 24.6 Å². The average Bonchev–Trinajstić information content (AvgIpc) is 3.00. The third kappa shape index (κ3) is 2.48. The summed E-state index contributed by atoms with van der Waals surface area (Å²) in [6.07, 6.45) is 5.38. The van der Waals surface area contributed by atoms with Crippen molar-refractivity contribution in [3.63, 3.8) is 0 Å². The molecule has 6 nitrogen and oxygen atoms in total. The molecule has 0 bridgehead atoms. The van der Waals surface area contributed by atoms with Gasteiger partial charge in [0.05, 0.1) is 11.9 Å². The van der Waals surface area contributed by atoms with Gasteiger partial charge in [-0.3, -0.25) is 0 Å². The molecular formula is C18H16N6. The highest BCUT2D eigenvalue weighted by Crippen LogP contribution is 2.22. The van der Waals surface area contributed by atoms with Crippen molar-refractivity contribution >= 4 is 11.5 Å². The Labute approximate surface area is 139 Å². The Kier molecular flexibility index (Phi) is 3.23. The second kappa shape index (κ2) is 5.42. The average molecular weight is 316 g/mol. The highest BCUT2D eigenvalue weighted by Gasteiger charge is 2.08. The lowest BCUT2D eigenvalue weighted by Crippen LogP contribution is -1.95. The molecule has 0 radical (unpaired) electrons. The zero-order valence-corrected chi connectivity index (χ0v) is 13.4. The summed E-state index contributed by atoms with van der Waals surface area (Å²) in [5, 5.41) is 4.20. The monoisotopic (exact) mass is 316 g/mol. The van der Waals surface area contributed by atoms with Gasteiger partial charge >= 0.3 is 0 Å². The lowest BCUT2D eigenvalue weighted by atomic mass is 10.1. The quantitative estimate of drug-likeness (QED) is 0.614. The van der Waals surface area contributed by atoms with E-state index in [-0.39, 0.29) is 0 Å². The van der Waals surface area contributed by atoms with Gasteiger partial charge in [-0.1, -0.05) is 12.1 Å². The second-order valence-electron chi connectivity index (χ2n) is 5.78. The SMILES string of the molecule is Cc1ccc(-c2ncc(-c3cn4nc(N)ccc4n3)cn2)cc1C. The molecule has 0 spiro atoms. The zero-order valence-electron chi connectivity index (χ0n) is 13.4. The minimum absolute atomic E-state index is 0.452. The summed E-state index contributed by atoms with van der Waals surface area (Å²) in [6, 6.07) is 9.78. The third-order valence-electron chi connectivity index (χ3n) is 4.05. The highest BCUT2D eigenvalue weighted by atomic mass is 15.3. The number of rotatable bonds is 2. The molecule has 0 amide bonds. The van der Waals surface area contributed by atoms with Crippen molar-refractivity contribution in [1.82, 2.24) is 24.6 Å². The van der Waals surface area contributed by atoms with E-state index in [1.807, 2.05) is 18.3 Å². The molecule has 118 valence electrons. The number of imidazole rings is 1. The van der Waals surface area contributed by atoms with Gasteiger partial charge in [-0.05, 0) is 43.2 Å². The Balaban J connectivity index is 1.70. The highest BCUT2D eigenvalue weighted by molar-refractivity contribution is 5.63. The van der Waals surface area contributed by atoms with Crippen LogP contribution >= 0.6 is 0 Å². The van der Waals surface area contributed by atoms with E-state index in [0.717, 1.165) is 22.5 Å². The van der Waals surface area contributed by atoms with Gasteiger partial charge in [0.2, 0.25) is 0 Å². The van der Waals surface area contributed by atoms with Crippen molar-refractivity contribution in [3.8, 4) is 22.6 Å². The molecule has 6 heteroatoms. The van der Waals surface area contributed by atoms with Crippen LogP contribution in [0.2, 0.25) is 0 Å². The maximum absolute atomic E-state index is 5.69. The summed E-state index contributed by atoms with van der Waals surface area (Å²) in [4.78, 5) is 13.5. The van der Waals surface area contributed by atoms with Crippen LogP contribution in [0.1, 0.15) is 11.1 Å². The fourth-order valence-electron chi connectivity index (χ4n) is 2.53. The van der Waals surface area contributed by atoms with E-state index < -0.39 is 0 Å². The van der Waals surface area contributed by atoms with E-state index in [1.165, 1.54) is 11.1 Å². The number of anilines is 1. The lowest BCUT2D eigenvalue weighted by Gasteiger charge is -2.04. The van der Waals surface area contributed by atoms with Gasteiger partial charge in [-0.2, -0.15) is 0 Å². The second-order valence-corrected chi connectivity index (χ2v) is 5.78. The smallest absolute Gasteiger partial charge is 0.159 e. The minimum Gasteiger partial charge on any atom is -0.382 e. The Bertz CT molecular complexity index is 1030. The lowest BCUT2D eigenvalue weighted by molar-refractivity contribution is 0.946. The molecule has 0 saturated carbocycles. The number of hydrogen-bond donors (Lipinski definition) is 1. The molecule has 0 aliphatic carbocycles. The van der Waals surface area contributed by atoms with Crippen LogP contribution < -0.4 is 5.73 Å². The topological polar surface area (TPSA) is 82.0 Å². The molecule has 0 aliphatic rings. The summed E-state index contributed by atoms with van der Waals surface area (Å²) in [6.45, 7) is 4.18. The van der Waals surface area contributed by atoms with Crippen LogP contribution in [0.3, 0.4) is 0 Å². The molecule has 3 aromatic heterocycles. The Morgan fingerprint density at radius 3 is 2.46 bits per heavy atom. The Morgan fingerprint density at radius 1 is 0.917 bits per heavy atom. The number of benzene rings is 1. The van der Waals surface area contributed by atoms with Gasteiger partial charge in [-0.15, -0.1) is 5.10 Å². The molecule has 0 fully saturated rings. The largest absolute Gasteiger partial charge is 0.382 e. The first-order valence-electron chi connectivity index (χ1n) is 7.62. The van der Waals surface area contributed by atoms with Gasteiger partial charge < -0.3 is 5.73 Å². The van der Waals surface area contributed by atoms with Crippen LogP contribution in [0, 0.1) is 13.8 Å². The van der Waals surface area contributed by atoms with Gasteiger partial charge in [0, 0.05) is 23.5 Å². The van der Waals surface area contributed by atoms with E-state index in [9.17, 15) is 0 Å². The Morgan fingerprint density at radius 2 is 1.71 bits per heavy atom. The van der Waals surface area contributed by atoms with Crippen molar-refractivity contribution in [2.24, 2.45) is 0 Å². The molecule has 0 unspecified atom stereocenters. The summed E-state index contributed by atoms with van der Waals surface area (Å²) in [5.74, 6) is 1.15. The number of hydrogen-bond acceptors (Lipinski definition) is 5. The molecule has 0 aliphatic heterocycles. The van der Waals surface area contributed by atoms with Crippen LogP contribution in [-0.2, 0) is 0 Å². The zero-order chi connectivity index (χ0) is 16.7. The summed E-state index contributed by atoms with van der Waals surface area (Å²) < 4.78 is 1.65. The van der Waals surface area contributed by atoms with E-state index in [2.05, 4.69) is 46.0 Å². The first-order chi connectivity index (χ1) is 11.6. The molecule has 24 heavy (non-hydrogen) atoms. The molecule has 4 rings (SSSR count). The van der Waals surface area contributed by atoms with Crippen LogP contribution in [0.15, 0.2) is 48.9 Å². The number of nitrogens with two attached hydrogens (primary N) is 1. The molecule has 0 atom stereocenters. The molecule has 0 saturated heterocycles. The fourth-order valence-corrected chi connectivity index (χ4v) is 2.53. The van der Waals surface area contributed by atoms with E-state index in [0.29, 0.717) is 11.6 Å². The molecule has 1 aromatic carbocycles. The number of aryl methyl sites for hydroxylation is 2. The molecule has 3 heterocycles. The van der Waals surface area contributed by atoms with E-state index in [1.54, 1.807) is 23.0 Å². The first-order valence-corrected chi connectivity index (χ1v) is 7.62. The third-order valence-corrected chi connectivity index (χ3v) is 4.05. The van der Waals surface area contributed by atoms with Crippen molar-refractivity contribution in [1.29, 1.82) is 0 Å². The van der Waals surface area contributed by atoms with Gasteiger partial charge in [0.25, 0.3) is 0 Å². The summed E-state index contributed by atoms with van der Waals surface area (Å²) in [7, 11) is 0. The maximum atomic E-state index is 5.69. The number of nitrogen functional groups attached to an aromatic ring is 1. The standard InChI is InChI=1S/C18H16N6/c1-11-3-4-13(7-12(11)2)18-20-8-14(9-21-18)15-10-24-17(22-15)6-5-16(19)23-24/h3-10H,1-2H3,(H2,19,23). The molecular weight excluding hydrogens is 300 g/mol.